The van der Waals surface area contributed by atoms with Crippen LogP contribution in [0.25, 0.3) is 0 Å². The maximum absolute atomic E-state index is 12.7. The Morgan fingerprint density at radius 1 is 1.08 bits per heavy atom. The van der Waals surface area contributed by atoms with Gasteiger partial charge in [-0.1, -0.05) is 32.9 Å². The van der Waals surface area contributed by atoms with E-state index in [0.29, 0.717) is 4.58 Å². The molecule has 5 heteroatoms. The van der Waals surface area contributed by atoms with Crippen molar-refractivity contribution in [2.45, 2.75) is 57.5 Å². The Morgan fingerprint density at radius 3 is 2.08 bits per heavy atom. The number of hydrogen-bond acceptors (Lipinski definition) is 3. The number of alkyl halides is 1. The molecule has 1 heterocycles. The van der Waals surface area contributed by atoms with E-state index in [2.05, 4.69) is 32.9 Å². The summed E-state index contributed by atoms with van der Waals surface area (Å²) in [6.45, 7) is 7.30. The third-order valence-corrected chi connectivity index (χ3v) is 7.80. The molecule has 0 unspecified atom stereocenters. The van der Waals surface area contributed by atoms with E-state index in [1.807, 2.05) is 28.4 Å². The molecule has 1 amide bonds. The summed E-state index contributed by atoms with van der Waals surface area (Å²) in [6, 6.07) is 4.55. The molecular weight excluding hydrogens is 370 g/mol. The average molecular weight is 400 g/mol. The largest absolute Gasteiger partial charge is 0.309 e. The number of anilines is 1. The number of amides is 1. The van der Waals surface area contributed by atoms with E-state index in [9.17, 15) is 4.79 Å². The van der Waals surface area contributed by atoms with Gasteiger partial charge in [0.2, 0.25) is 5.91 Å². The lowest BCUT2D eigenvalue weighted by molar-refractivity contribution is -0.116. The van der Waals surface area contributed by atoms with E-state index in [0.717, 1.165) is 31.5 Å². The van der Waals surface area contributed by atoms with Gasteiger partial charge in [0.05, 0.1) is 10.3 Å². The third-order valence-electron chi connectivity index (χ3n) is 4.66. The summed E-state index contributed by atoms with van der Waals surface area (Å²) in [5.74, 6) is 2.46. The second-order valence-electron chi connectivity index (χ2n) is 6.34. The van der Waals surface area contributed by atoms with Crippen LogP contribution < -0.4 is 4.90 Å². The predicted molar refractivity (Wildman–Crippen MR) is 116 cm³/mol. The number of aryl methyl sites for hydroxylation is 3. The van der Waals surface area contributed by atoms with E-state index in [1.54, 1.807) is 0 Å². The third kappa shape index (κ3) is 5.58. The van der Waals surface area contributed by atoms with E-state index in [-0.39, 0.29) is 11.8 Å². The Hall–Kier alpha value is -0.320. The number of hydrogen-bond donors (Lipinski definition) is 0. The van der Waals surface area contributed by atoms with Crippen molar-refractivity contribution in [1.29, 1.82) is 0 Å². The van der Waals surface area contributed by atoms with Crippen molar-refractivity contribution >= 4 is 46.7 Å². The number of thioether (sulfide) groups is 2. The zero-order valence-electron chi connectivity index (χ0n) is 15.6. The van der Waals surface area contributed by atoms with Crippen molar-refractivity contribution in [3.8, 4) is 0 Å². The fraction of sp³-hybridized carbons (Fsp3) is 0.650. The highest BCUT2D eigenvalue weighted by molar-refractivity contribution is 8.17. The van der Waals surface area contributed by atoms with Crippen LogP contribution in [0.15, 0.2) is 12.1 Å². The van der Waals surface area contributed by atoms with Crippen LogP contribution in [0.3, 0.4) is 0 Å². The van der Waals surface area contributed by atoms with Crippen LogP contribution in [0.5, 0.6) is 0 Å². The minimum Gasteiger partial charge on any atom is -0.309 e. The topological polar surface area (TPSA) is 20.3 Å². The minimum absolute atomic E-state index is 0.0285. The molecule has 0 spiro atoms. The standard InChI is InChI=1S/C20H30ClNOS2/c1-4-15-11-16(5-2)20(17(6-3)12-15)22(18(23)13-21)14-19-24-9-7-8-10-25-19/h11-12,19H,4-10,13-14H2,1-3H3. The lowest BCUT2D eigenvalue weighted by Crippen LogP contribution is -2.38. The highest BCUT2D eigenvalue weighted by atomic mass is 35.5. The molecule has 0 saturated carbocycles. The summed E-state index contributed by atoms with van der Waals surface area (Å²) in [5.41, 5.74) is 5.03. The first-order valence-electron chi connectivity index (χ1n) is 9.38. The summed E-state index contributed by atoms with van der Waals surface area (Å²) in [4.78, 5) is 14.7. The summed E-state index contributed by atoms with van der Waals surface area (Å²) in [6.07, 6.45) is 5.46. The zero-order valence-corrected chi connectivity index (χ0v) is 18.0. The molecule has 1 fully saturated rings. The van der Waals surface area contributed by atoms with Gasteiger partial charge in [0.25, 0.3) is 0 Å². The molecule has 25 heavy (non-hydrogen) atoms. The molecule has 0 radical (unpaired) electrons. The van der Waals surface area contributed by atoms with Crippen molar-refractivity contribution in [1.82, 2.24) is 0 Å². The van der Waals surface area contributed by atoms with Crippen molar-refractivity contribution in [2.24, 2.45) is 0 Å². The second-order valence-corrected chi connectivity index (χ2v) is 9.53. The van der Waals surface area contributed by atoms with Crippen LogP contribution in [0.2, 0.25) is 0 Å². The Morgan fingerprint density at radius 2 is 1.64 bits per heavy atom. The van der Waals surface area contributed by atoms with Crippen LogP contribution in [0, 0.1) is 0 Å². The lowest BCUT2D eigenvalue weighted by atomic mass is 9.97. The van der Waals surface area contributed by atoms with Crippen LogP contribution in [0.1, 0.15) is 50.3 Å². The van der Waals surface area contributed by atoms with Gasteiger partial charge in [-0.3, -0.25) is 4.79 Å². The molecule has 1 saturated heterocycles. The lowest BCUT2D eigenvalue weighted by Gasteiger charge is -2.30. The first-order valence-corrected chi connectivity index (χ1v) is 12.0. The summed E-state index contributed by atoms with van der Waals surface area (Å²) in [5, 5.41) is 0. The molecule has 2 nitrogen and oxygen atoms in total. The van der Waals surface area contributed by atoms with Gasteiger partial charge in [-0.25, -0.2) is 0 Å². The first-order chi connectivity index (χ1) is 12.1. The van der Waals surface area contributed by atoms with Crippen LogP contribution >= 0.6 is 35.1 Å². The fourth-order valence-electron chi connectivity index (χ4n) is 3.25. The normalized spacial score (nSPS) is 15.8. The quantitative estimate of drug-likeness (QED) is 0.562. The second kappa shape index (κ2) is 10.7. The van der Waals surface area contributed by atoms with E-state index >= 15 is 0 Å². The van der Waals surface area contributed by atoms with Gasteiger partial charge in [-0.05, 0) is 60.3 Å². The van der Waals surface area contributed by atoms with E-state index in [1.165, 1.54) is 41.0 Å². The molecule has 0 aliphatic carbocycles. The number of nitrogens with zero attached hydrogens (tertiary/aromatic N) is 1. The molecule has 2 rings (SSSR count). The van der Waals surface area contributed by atoms with Gasteiger partial charge in [0.1, 0.15) is 5.88 Å². The van der Waals surface area contributed by atoms with Crippen LogP contribution in [-0.4, -0.2) is 34.4 Å². The molecule has 0 bridgehead atoms. The first kappa shape index (κ1) is 21.0. The Kier molecular flexibility index (Phi) is 9.01. The summed E-state index contributed by atoms with van der Waals surface area (Å²) < 4.78 is 0.440. The number of halogens is 1. The van der Waals surface area contributed by atoms with Crippen molar-refractivity contribution in [3.63, 3.8) is 0 Å². The highest BCUT2D eigenvalue weighted by Gasteiger charge is 2.25. The monoisotopic (exact) mass is 399 g/mol. The van der Waals surface area contributed by atoms with Gasteiger partial charge < -0.3 is 4.90 Å². The molecule has 0 N–H and O–H groups in total. The summed E-state index contributed by atoms with van der Waals surface area (Å²) in [7, 11) is 0. The Balaban J connectivity index is 2.40. The molecule has 1 aromatic rings. The average Bonchev–Trinajstić information content (AvgIpc) is 2.93. The van der Waals surface area contributed by atoms with Crippen molar-refractivity contribution in [3.05, 3.63) is 28.8 Å². The Labute approximate surface area is 166 Å². The molecular formula is C20H30ClNOS2. The van der Waals surface area contributed by atoms with Gasteiger partial charge in [0, 0.05) is 6.54 Å². The minimum atomic E-state index is 0.0285. The van der Waals surface area contributed by atoms with Gasteiger partial charge in [-0.2, -0.15) is 0 Å². The number of rotatable bonds is 7. The highest BCUT2D eigenvalue weighted by Crippen LogP contribution is 2.35. The predicted octanol–water partition coefficient (Wildman–Crippen LogP) is 5.53. The van der Waals surface area contributed by atoms with Crippen molar-refractivity contribution in [2.75, 3.05) is 28.8 Å². The SMILES string of the molecule is CCc1cc(CC)c(N(CC2SCCCCS2)C(=O)CCl)c(CC)c1. The van der Waals surface area contributed by atoms with Gasteiger partial charge in [-0.15, -0.1) is 35.1 Å². The smallest absolute Gasteiger partial charge is 0.241 e. The molecule has 1 aromatic carbocycles. The molecule has 1 aliphatic rings. The molecule has 0 atom stereocenters. The Bertz CT molecular complexity index is 546. The van der Waals surface area contributed by atoms with E-state index in [4.69, 9.17) is 11.6 Å². The van der Waals surface area contributed by atoms with Crippen LogP contribution in [0.4, 0.5) is 5.69 Å². The zero-order chi connectivity index (χ0) is 18.2. The number of carbonyl (C=O) groups is 1. The fourth-order valence-corrected chi connectivity index (χ4v) is 6.13. The van der Waals surface area contributed by atoms with Gasteiger partial charge in [0.15, 0.2) is 0 Å². The van der Waals surface area contributed by atoms with Gasteiger partial charge >= 0.3 is 0 Å². The molecule has 1 aliphatic heterocycles. The maximum Gasteiger partial charge on any atom is 0.241 e. The molecule has 0 aromatic heterocycles. The number of carbonyl (C=O) groups excluding carboxylic acids is 1. The number of benzene rings is 1. The van der Waals surface area contributed by atoms with Crippen molar-refractivity contribution < 1.29 is 4.79 Å². The van der Waals surface area contributed by atoms with Crippen LogP contribution in [-0.2, 0) is 24.1 Å². The summed E-state index contributed by atoms with van der Waals surface area (Å²) >= 11 is 9.98. The molecule has 140 valence electrons. The maximum atomic E-state index is 12.7. The van der Waals surface area contributed by atoms with E-state index < -0.39 is 0 Å².